The summed E-state index contributed by atoms with van der Waals surface area (Å²) in [6, 6.07) is -1.26. The number of hydrogen-bond donors (Lipinski definition) is 2. The predicted molar refractivity (Wildman–Crippen MR) is 74.2 cm³/mol. The van der Waals surface area contributed by atoms with Gasteiger partial charge < -0.3 is 15.3 Å². The summed E-state index contributed by atoms with van der Waals surface area (Å²) in [7, 11) is -3.08. The molecule has 0 spiro atoms. The van der Waals surface area contributed by atoms with Crippen LogP contribution in [0.2, 0.25) is 0 Å². The van der Waals surface area contributed by atoms with E-state index < -0.39 is 33.9 Å². The van der Waals surface area contributed by atoms with E-state index in [0.717, 1.165) is 0 Å². The molecule has 20 heavy (non-hydrogen) atoms. The Kier molecular flexibility index (Phi) is 5.38. The summed E-state index contributed by atoms with van der Waals surface area (Å²) in [5.74, 6) is -1.08. The minimum absolute atomic E-state index is 0.0149. The van der Waals surface area contributed by atoms with Crippen LogP contribution in [0.3, 0.4) is 0 Å². The van der Waals surface area contributed by atoms with Crippen LogP contribution in [0.25, 0.3) is 0 Å². The lowest BCUT2D eigenvalue weighted by atomic mass is 10.0. The van der Waals surface area contributed by atoms with Crippen molar-refractivity contribution in [3.63, 3.8) is 0 Å². The van der Waals surface area contributed by atoms with Crippen molar-refractivity contribution in [2.24, 2.45) is 5.92 Å². The maximum absolute atomic E-state index is 12.1. The zero-order chi connectivity index (χ0) is 15.5. The molecule has 1 fully saturated rings. The predicted octanol–water partition coefficient (Wildman–Crippen LogP) is 0.314. The summed E-state index contributed by atoms with van der Waals surface area (Å²) in [6.07, 6.45) is -0.149. The number of amides is 2. The second-order valence-corrected chi connectivity index (χ2v) is 7.78. The molecule has 2 atom stereocenters. The summed E-state index contributed by atoms with van der Waals surface area (Å²) in [4.78, 5) is 24.4. The fourth-order valence-corrected chi connectivity index (χ4v) is 3.74. The molecule has 2 amide bonds. The van der Waals surface area contributed by atoms with Crippen LogP contribution in [0, 0.1) is 5.92 Å². The Morgan fingerprint density at radius 2 is 2.00 bits per heavy atom. The van der Waals surface area contributed by atoms with Crippen LogP contribution in [0.1, 0.15) is 27.2 Å². The average Bonchev–Trinajstić information content (AvgIpc) is 2.25. The van der Waals surface area contributed by atoms with Gasteiger partial charge in [-0.25, -0.2) is 13.2 Å². The lowest BCUT2D eigenvalue weighted by molar-refractivity contribution is -0.137. The van der Waals surface area contributed by atoms with Crippen LogP contribution in [0.5, 0.6) is 0 Å². The quantitative estimate of drug-likeness (QED) is 0.778. The van der Waals surface area contributed by atoms with Gasteiger partial charge >= 0.3 is 12.0 Å². The SMILES string of the molecule is CC(C)C(CC(=O)O)NC(=O)N1CCS(=O)(=O)CC1C. The molecular formula is C12H22N2O5S. The highest BCUT2D eigenvalue weighted by molar-refractivity contribution is 7.91. The molecule has 0 aromatic carbocycles. The number of nitrogens with zero attached hydrogens (tertiary/aromatic N) is 1. The Labute approximate surface area is 119 Å². The molecule has 0 saturated carbocycles. The van der Waals surface area contributed by atoms with E-state index in [2.05, 4.69) is 5.32 Å². The van der Waals surface area contributed by atoms with Gasteiger partial charge in [0.05, 0.1) is 17.9 Å². The third kappa shape index (κ3) is 4.66. The fourth-order valence-electron chi connectivity index (χ4n) is 2.18. The molecule has 7 nitrogen and oxygen atoms in total. The van der Waals surface area contributed by atoms with E-state index in [1.165, 1.54) is 4.90 Å². The summed E-state index contributed by atoms with van der Waals surface area (Å²) >= 11 is 0. The van der Waals surface area contributed by atoms with Gasteiger partial charge in [0.15, 0.2) is 9.84 Å². The number of carbonyl (C=O) groups excluding carboxylic acids is 1. The molecule has 116 valence electrons. The Bertz CT molecular complexity index is 474. The van der Waals surface area contributed by atoms with Crippen molar-refractivity contribution in [1.82, 2.24) is 10.2 Å². The third-order valence-corrected chi connectivity index (χ3v) is 5.23. The molecule has 1 rings (SSSR count). The molecule has 1 heterocycles. The van der Waals surface area contributed by atoms with Crippen molar-refractivity contribution >= 4 is 21.8 Å². The van der Waals surface area contributed by atoms with Gasteiger partial charge in [0.2, 0.25) is 0 Å². The van der Waals surface area contributed by atoms with Crippen molar-refractivity contribution in [2.75, 3.05) is 18.1 Å². The molecule has 0 aromatic rings. The first-order valence-corrected chi connectivity index (χ1v) is 8.44. The van der Waals surface area contributed by atoms with Crippen LogP contribution < -0.4 is 5.32 Å². The highest BCUT2D eigenvalue weighted by atomic mass is 32.2. The number of carboxylic acid groups (broad SMARTS) is 1. The Balaban J connectivity index is 2.67. The average molecular weight is 306 g/mol. The Morgan fingerprint density at radius 3 is 2.45 bits per heavy atom. The molecule has 0 aromatic heterocycles. The summed E-state index contributed by atoms with van der Waals surface area (Å²) in [5.41, 5.74) is 0. The molecule has 1 saturated heterocycles. The normalized spacial score (nSPS) is 23.4. The van der Waals surface area contributed by atoms with Crippen molar-refractivity contribution in [2.45, 2.75) is 39.3 Å². The number of urea groups is 1. The number of carboxylic acids is 1. The Morgan fingerprint density at radius 1 is 1.40 bits per heavy atom. The number of sulfone groups is 1. The lowest BCUT2D eigenvalue weighted by Crippen LogP contribution is -2.55. The Hall–Kier alpha value is -1.31. The number of rotatable bonds is 4. The standard InChI is InChI=1S/C12H22N2O5S/c1-8(2)10(6-11(15)16)13-12(17)14-4-5-20(18,19)7-9(14)3/h8-10H,4-7H2,1-3H3,(H,13,17)(H,15,16). The van der Waals surface area contributed by atoms with Gasteiger partial charge in [0.1, 0.15) is 0 Å². The maximum Gasteiger partial charge on any atom is 0.317 e. The minimum Gasteiger partial charge on any atom is -0.481 e. The molecule has 0 aliphatic carbocycles. The topological polar surface area (TPSA) is 104 Å². The van der Waals surface area contributed by atoms with Gasteiger partial charge in [-0.3, -0.25) is 4.79 Å². The number of carbonyl (C=O) groups is 2. The fraction of sp³-hybridized carbons (Fsp3) is 0.833. The number of aliphatic carboxylic acids is 1. The molecular weight excluding hydrogens is 284 g/mol. The van der Waals surface area contributed by atoms with Gasteiger partial charge in [-0.15, -0.1) is 0 Å². The zero-order valence-corrected chi connectivity index (χ0v) is 12.8. The molecule has 1 aliphatic heterocycles. The second kappa shape index (κ2) is 6.43. The van der Waals surface area contributed by atoms with E-state index in [1.807, 2.05) is 13.8 Å². The van der Waals surface area contributed by atoms with Crippen LogP contribution in [-0.4, -0.2) is 60.6 Å². The third-order valence-electron chi connectivity index (χ3n) is 3.44. The first-order valence-electron chi connectivity index (χ1n) is 6.61. The monoisotopic (exact) mass is 306 g/mol. The van der Waals surface area contributed by atoms with E-state index in [0.29, 0.717) is 0 Å². The first-order chi connectivity index (χ1) is 9.12. The zero-order valence-electron chi connectivity index (χ0n) is 12.0. The van der Waals surface area contributed by atoms with Crippen molar-refractivity contribution < 1.29 is 23.1 Å². The summed E-state index contributed by atoms with van der Waals surface area (Å²) in [6.45, 7) is 5.49. The second-order valence-electron chi connectivity index (χ2n) is 5.55. The van der Waals surface area contributed by atoms with Gasteiger partial charge in [0, 0.05) is 18.6 Å². The van der Waals surface area contributed by atoms with Gasteiger partial charge in [-0.05, 0) is 12.8 Å². The van der Waals surface area contributed by atoms with Crippen LogP contribution in [0.4, 0.5) is 4.79 Å². The number of nitrogens with one attached hydrogen (secondary N) is 1. The highest BCUT2D eigenvalue weighted by Crippen LogP contribution is 2.13. The lowest BCUT2D eigenvalue weighted by Gasteiger charge is -2.34. The highest BCUT2D eigenvalue weighted by Gasteiger charge is 2.32. The van der Waals surface area contributed by atoms with Crippen molar-refractivity contribution in [3.05, 3.63) is 0 Å². The maximum atomic E-state index is 12.1. The molecule has 2 unspecified atom stereocenters. The van der Waals surface area contributed by atoms with E-state index in [4.69, 9.17) is 5.11 Å². The number of hydrogen-bond acceptors (Lipinski definition) is 4. The van der Waals surface area contributed by atoms with E-state index >= 15 is 0 Å². The minimum atomic E-state index is -3.08. The summed E-state index contributed by atoms with van der Waals surface area (Å²) < 4.78 is 22.9. The first kappa shape index (κ1) is 16.7. The van der Waals surface area contributed by atoms with Crippen molar-refractivity contribution in [3.8, 4) is 0 Å². The largest absolute Gasteiger partial charge is 0.481 e. The van der Waals surface area contributed by atoms with Crippen LogP contribution in [0.15, 0.2) is 0 Å². The van der Waals surface area contributed by atoms with Gasteiger partial charge in [-0.2, -0.15) is 0 Å². The van der Waals surface area contributed by atoms with Crippen molar-refractivity contribution in [1.29, 1.82) is 0 Å². The molecule has 2 N–H and O–H groups in total. The van der Waals surface area contributed by atoms with Crippen LogP contribution >= 0.6 is 0 Å². The van der Waals surface area contributed by atoms with E-state index in [9.17, 15) is 18.0 Å². The molecule has 0 radical (unpaired) electrons. The van der Waals surface area contributed by atoms with Gasteiger partial charge in [-0.1, -0.05) is 13.8 Å². The van der Waals surface area contributed by atoms with Crippen LogP contribution in [-0.2, 0) is 14.6 Å². The summed E-state index contributed by atoms with van der Waals surface area (Å²) in [5, 5.41) is 11.5. The molecule has 1 aliphatic rings. The smallest absolute Gasteiger partial charge is 0.317 e. The molecule has 0 bridgehead atoms. The van der Waals surface area contributed by atoms with E-state index in [1.54, 1.807) is 6.92 Å². The molecule has 8 heteroatoms. The van der Waals surface area contributed by atoms with Gasteiger partial charge in [0.25, 0.3) is 0 Å². The van der Waals surface area contributed by atoms with E-state index in [-0.39, 0.29) is 30.4 Å².